The molecule has 0 amide bonds. The predicted octanol–water partition coefficient (Wildman–Crippen LogP) is 2.19. The Morgan fingerprint density at radius 3 is 2.79 bits per heavy atom. The zero-order valence-electron chi connectivity index (χ0n) is 10.9. The molecule has 1 aliphatic rings. The maximum Gasteiger partial charge on any atom is 0.307 e. The van der Waals surface area contributed by atoms with E-state index in [1.807, 2.05) is 24.3 Å². The van der Waals surface area contributed by atoms with Crippen molar-refractivity contribution in [3.8, 4) is 6.07 Å². The molecule has 19 heavy (non-hydrogen) atoms. The maximum atomic E-state index is 10.9. The monoisotopic (exact) mass is 258 g/mol. The number of carboxylic acids is 1. The Hall–Kier alpha value is -1.86. The van der Waals surface area contributed by atoms with Crippen LogP contribution in [0.2, 0.25) is 0 Å². The van der Waals surface area contributed by atoms with Gasteiger partial charge in [-0.1, -0.05) is 24.3 Å². The fourth-order valence-electron chi connectivity index (χ4n) is 2.59. The van der Waals surface area contributed by atoms with Crippen LogP contribution in [0.15, 0.2) is 24.3 Å². The minimum absolute atomic E-state index is 0.0355. The van der Waals surface area contributed by atoms with E-state index in [1.54, 1.807) is 0 Å². The van der Waals surface area contributed by atoms with Crippen LogP contribution in [0.1, 0.15) is 30.4 Å². The van der Waals surface area contributed by atoms with Crippen molar-refractivity contribution in [3.05, 3.63) is 35.4 Å². The molecule has 0 spiro atoms. The lowest BCUT2D eigenvalue weighted by molar-refractivity contribution is -0.136. The number of carbonyl (C=O) groups is 1. The van der Waals surface area contributed by atoms with Crippen molar-refractivity contribution >= 4 is 5.97 Å². The molecule has 1 aromatic rings. The molecule has 4 nitrogen and oxygen atoms in total. The van der Waals surface area contributed by atoms with Crippen LogP contribution in [-0.4, -0.2) is 28.6 Å². The number of likely N-dealkylation sites (tertiary alicyclic amines) is 1. The molecule has 2 rings (SSSR count). The Balaban J connectivity index is 2.13. The Kier molecular flexibility index (Phi) is 4.53. The average Bonchev–Trinajstić information content (AvgIpc) is 2.41. The molecule has 1 N–H and O–H groups in total. The largest absolute Gasteiger partial charge is 0.481 e. The minimum atomic E-state index is -0.817. The molecule has 1 aromatic carbocycles. The molecule has 100 valence electrons. The van der Waals surface area contributed by atoms with Crippen LogP contribution in [0.3, 0.4) is 0 Å². The highest BCUT2D eigenvalue weighted by Gasteiger charge is 2.22. The molecule has 0 aromatic heterocycles. The second-order valence-corrected chi connectivity index (χ2v) is 4.95. The summed E-state index contributed by atoms with van der Waals surface area (Å²) < 4.78 is 0. The summed E-state index contributed by atoms with van der Waals surface area (Å²) in [6.45, 7) is 1.58. The summed E-state index contributed by atoms with van der Waals surface area (Å²) in [6.07, 6.45) is 3.17. The molecular formula is C15H18N2O2. The first-order valence-electron chi connectivity index (χ1n) is 6.63. The lowest BCUT2D eigenvalue weighted by atomic mass is 9.99. The van der Waals surface area contributed by atoms with Crippen LogP contribution < -0.4 is 0 Å². The van der Waals surface area contributed by atoms with E-state index in [2.05, 4.69) is 11.0 Å². The summed E-state index contributed by atoms with van der Waals surface area (Å²) >= 11 is 0. The van der Waals surface area contributed by atoms with Crippen molar-refractivity contribution in [1.29, 1.82) is 5.26 Å². The number of nitrogens with zero attached hydrogens (tertiary/aromatic N) is 2. The Labute approximate surface area is 113 Å². The third-order valence-electron chi connectivity index (χ3n) is 3.60. The molecule has 0 saturated carbocycles. The van der Waals surface area contributed by atoms with Gasteiger partial charge in [-0.2, -0.15) is 5.26 Å². The van der Waals surface area contributed by atoms with Gasteiger partial charge in [0.15, 0.2) is 0 Å². The number of aliphatic carboxylic acids is 1. The van der Waals surface area contributed by atoms with Crippen molar-refractivity contribution in [2.24, 2.45) is 0 Å². The van der Waals surface area contributed by atoms with Gasteiger partial charge in [0.2, 0.25) is 0 Å². The topological polar surface area (TPSA) is 64.3 Å². The minimum Gasteiger partial charge on any atom is -0.481 e. The van der Waals surface area contributed by atoms with E-state index in [0.29, 0.717) is 6.54 Å². The van der Waals surface area contributed by atoms with Gasteiger partial charge in [0.1, 0.15) is 0 Å². The quantitative estimate of drug-likeness (QED) is 0.899. The molecule has 1 atom stereocenters. The Bertz CT molecular complexity index is 493. The zero-order valence-corrected chi connectivity index (χ0v) is 10.9. The normalized spacial score (nSPS) is 19.8. The first-order valence-corrected chi connectivity index (χ1v) is 6.63. The second kappa shape index (κ2) is 6.35. The van der Waals surface area contributed by atoms with E-state index < -0.39 is 5.97 Å². The zero-order chi connectivity index (χ0) is 13.7. The Morgan fingerprint density at radius 1 is 1.37 bits per heavy atom. The van der Waals surface area contributed by atoms with Crippen molar-refractivity contribution in [1.82, 2.24) is 4.90 Å². The highest BCUT2D eigenvalue weighted by molar-refractivity contribution is 5.70. The van der Waals surface area contributed by atoms with Gasteiger partial charge in [-0.25, -0.2) is 0 Å². The lowest BCUT2D eigenvalue weighted by Gasteiger charge is -2.31. The number of rotatable bonds is 4. The lowest BCUT2D eigenvalue weighted by Crippen LogP contribution is -2.38. The number of piperidine rings is 1. The van der Waals surface area contributed by atoms with Crippen molar-refractivity contribution in [3.63, 3.8) is 0 Å². The molecule has 1 fully saturated rings. The third-order valence-corrected chi connectivity index (χ3v) is 3.60. The number of nitriles is 1. The summed E-state index contributed by atoms with van der Waals surface area (Å²) in [5, 5.41) is 18.1. The van der Waals surface area contributed by atoms with Gasteiger partial charge in [0.25, 0.3) is 0 Å². The molecular weight excluding hydrogens is 240 g/mol. The van der Waals surface area contributed by atoms with Crippen LogP contribution in [0.4, 0.5) is 0 Å². The van der Waals surface area contributed by atoms with Crippen molar-refractivity contribution in [2.75, 3.05) is 6.54 Å². The second-order valence-electron chi connectivity index (χ2n) is 4.95. The predicted molar refractivity (Wildman–Crippen MR) is 71.4 cm³/mol. The van der Waals surface area contributed by atoms with E-state index in [1.165, 1.54) is 0 Å². The maximum absolute atomic E-state index is 10.9. The first-order chi connectivity index (χ1) is 9.20. The highest BCUT2D eigenvalue weighted by atomic mass is 16.4. The standard InChI is InChI=1S/C15H18N2O2/c16-10-14-7-3-4-8-17(14)11-13-6-2-1-5-12(13)9-15(18)19/h1-2,5-6,14H,3-4,7-9,11H2,(H,18,19). The van der Waals surface area contributed by atoms with Crippen LogP contribution in [-0.2, 0) is 17.8 Å². The molecule has 1 aliphatic heterocycles. The van der Waals surface area contributed by atoms with Crippen molar-refractivity contribution in [2.45, 2.75) is 38.3 Å². The Morgan fingerprint density at radius 2 is 2.11 bits per heavy atom. The number of benzene rings is 1. The molecule has 1 unspecified atom stereocenters. The molecule has 0 radical (unpaired) electrons. The van der Waals surface area contributed by atoms with Crippen LogP contribution in [0.25, 0.3) is 0 Å². The first kappa shape index (κ1) is 13.6. The number of carboxylic acid groups (broad SMARTS) is 1. The highest BCUT2D eigenvalue weighted by Crippen LogP contribution is 2.21. The summed E-state index contributed by atoms with van der Waals surface area (Å²) in [6, 6.07) is 9.91. The van der Waals surface area contributed by atoms with E-state index in [-0.39, 0.29) is 12.5 Å². The van der Waals surface area contributed by atoms with E-state index in [9.17, 15) is 4.79 Å². The van der Waals surface area contributed by atoms with Gasteiger partial charge < -0.3 is 5.11 Å². The molecule has 4 heteroatoms. The SMILES string of the molecule is N#CC1CCCCN1Cc1ccccc1CC(=O)O. The van der Waals surface area contributed by atoms with E-state index >= 15 is 0 Å². The van der Waals surface area contributed by atoms with Gasteiger partial charge in [-0.15, -0.1) is 0 Å². The van der Waals surface area contributed by atoms with Gasteiger partial charge in [0, 0.05) is 6.54 Å². The van der Waals surface area contributed by atoms with Crippen molar-refractivity contribution < 1.29 is 9.90 Å². The fraction of sp³-hybridized carbons (Fsp3) is 0.467. The summed E-state index contributed by atoms with van der Waals surface area (Å²) in [7, 11) is 0. The van der Waals surface area contributed by atoms with Crippen LogP contribution in [0, 0.1) is 11.3 Å². The summed E-state index contributed by atoms with van der Waals surface area (Å²) in [5.74, 6) is -0.817. The number of hydrogen-bond acceptors (Lipinski definition) is 3. The molecule has 1 heterocycles. The summed E-state index contributed by atoms with van der Waals surface area (Å²) in [5.41, 5.74) is 1.87. The third kappa shape index (κ3) is 3.55. The van der Waals surface area contributed by atoms with Gasteiger partial charge >= 0.3 is 5.97 Å². The molecule has 0 aliphatic carbocycles. The van der Waals surface area contributed by atoms with E-state index in [4.69, 9.17) is 10.4 Å². The van der Waals surface area contributed by atoms with Gasteiger partial charge in [-0.05, 0) is 36.9 Å². The summed E-state index contributed by atoms with van der Waals surface area (Å²) in [4.78, 5) is 13.0. The number of hydrogen-bond donors (Lipinski definition) is 1. The van der Waals surface area contributed by atoms with Crippen LogP contribution in [0.5, 0.6) is 0 Å². The smallest absolute Gasteiger partial charge is 0.307 e. The van der Waals surface area contributed by atoms with Crippen LogP contribution >= 0.6 is 0 Å². The van der Waals surface area contributed by atoms with Gasteiger partial charge in [-0.3, -0.25) is 9.69 Å². The molecule has 0 bridgehead atoms. The average molecular weight is 258 g/mol. The fourth-order valence-corrected chi connectivity index (χ4v) is 2.59. The van der Waals surface area contributed by atoms with Gasteiger partial charge in [0.05, 0.1) is 18.5 Å². The molecule has 1 saturated heterocycles. The van der Waals surface area contributed by atoms with E-state index in [0.717, 1.165) is 36.9 Å².